The Labute approximate surface area is 169 Å². The summed E-state index contributed by atoms with van der Waals surface area (Å²) in [4.78, 5) is 19.7. The van der Waals surface area contributed by atoms with E-state index in [1.807, 2.05) is 42.5 Å². The minimum Gasteiger partial charge on any atom is -0.335 e. The van der Waals surface area contributed by atoms with Crippen molar-refractivity contribution in [1.82, 2.24) is 4.98 Å². The van der Waals surface area contributed by atoms with Crippen LogP contribution >= 0.6 is 23.1 Å². The van der Waals surface area contributed by atoms with Gasteiger partial charge in [-0.25, -0.2) is 9.37 Å². The zero-order valence-electron chi connectivity index (χ0n) is 14.5. The molecule has 0 fully saturated rings. The number of carbonyl (C=O) groups excluding carboxylic acids is 1. The molecule has 1 amide bonds. The van der Waals surface area contributed by atoms with Crippen LogP contribution in [-0.2, 0) is 6.42 Å². The molecule has 2 aromatic carbocycles. The van der Waals surface area contributed by atoms with Crippen molar-refractivity contribution in [3.8, 4) is 0 Å². The van der Waals surface area contributed by atoms with Gasteiger partial charge in [0.25, 0.3) is 5.91 Å². The molecule has 0 saturated carbocycles. The summed E-state index contributed by atoms with van der Waals surface area (Å²) in [7, 11) is 0. The number of anilines is 2. The number of amides is 1. The molecule has 1 aliphatic heterocycles. The van der Waals surface area contributed by atoms with Gasteiger partial charge in [0.15, 0.2) is 11.0 Å². The molecule has 0 atom stereocenters. The Morgan fingerprint density at radius 1 is 1.25 bits per heavy atom. The van der Waals surface area contributed by atoms with Crippen LogP contribution in [0.25, 0.3) is 0 Å². The molecule has 8 heteroatoms. The molecule has 28 heavy (non-hydrogen) atoms. The van der Waals surface area contributed by atoms with Gasteiger partial charge in [-0.05, 0) is 29.8 Å². The van der Waals surface area contributed by atoms with Crippen molar-refractivity contribution in [2.75, 3.05) is 10.6 Å². The van der Waals surface area contributed by atoms with Gasteiger partial charge in [-0.15, -0.1) is 11.3 Å². The minimum atomic E-state index is -0.670. The van der Waals surface area contributed by atoms with E-state index in [1.54, 1.807) is 18.0 Å². The van der Waals surface area contributed by atoms with Gasteiger partial charge in [-0.1, -0.05) is 30.0 Å². The number of carbonyl (C=O) groups is 1. The first-order chi connectivity index (χ1) is 13.6. The number of halogens is 1. The van der Waals surface area contributed by atoms with Crippen LogP contribution < -0.4 is 10.6 Å². The van der Waals surface area contributed by atoms with Gasteiger partial charge >= 0.3 is 0 Å². The van der Waals surface area contributed by atoms with E-state index in [1.165, 1.54) is 11.3 Å². The number of fused-ring (bicyclic) bond motifs is 2. The van der Waals surface area contributed by atoms with Gasteiger partial charge in [0.2, 0.25) is 0 Å². The van der Waals surface area contributed by atoms with Crippen molar-refractivity contribution >= 4 is 46.0 Å². The topological polar surface area (TPSA) is 77.9 Å². The van der Waals surface area contributed by atoms with Gasteiger partial charge in [0, 0.05) is 33.5 Å². The molecule has 3 N–H and O–H groups in total. The highest BCUT2D eigenvalue weighted by molar-refractivity contribution is 7.99. The quantitative estimate of drug-likeness (QED) is 0.497. The summed E-state index contributed by atoms with van der Waals surface area (Å²) < 4.78 is 13.0. The fourth-order valence-corrected chi connectivity index (χ4v) is 4.58. The first kappa shape index (κ1) is 18.4. The molecule has 0 spiro atoms. The number of nitrogens with zero attached hydrogens (tertiary/aromatic N) is 1. The molecular formula is C20H15FN4OS2. The van der Waals surface area contributed by atoms with Gasteiger partial charge in [0.05, 0.1) is 17.5 Å². The molecule has 1 aliphatic rings. The summed E-state index contributed by atoms with van der Waals surface area (Å²) in [6.07, 6.45) is 4.11. The number of rotatable bonds is 5. The Hall–Kier alpha value is -2.97. The SMILES string of the molecule is N=C/C(F)=C\Nc1ncc(Cc2ccc3c(c2)NC(=O)c2ccccc2S3)s1. The third-order valence-electron chi connectivity index (χ3n) is 4.05. The Morgan fingerprint density at radius 2 is 2.11 bits per heavy atom. The number of nitrogens with one attached hydrogen (secondary N) is 3. The van der Waals surface area contributed by atoms with Gasteiger partial charge in [-0.3, -0.25) is 4.79 Å². The van der Waals surface area contributed by atoms with Crippen molar-refractivity contribution in [1.29, 1.82) is 5.41 Å². The lowest BCUT2D eigenvalue weighted by Crippen LogP contribution is -2.11. The fourth-order valence-electron chi connectivity index (χ4n) is 2.75. The Balaban J connectivity index is 1.53. The molecule has 0 radical (unpaired) electrons. The zero-order valence-corrected chi connectivity index (χ0v) is 16.2. The van der Waals surface area contributed by atoms with E-state index in [9.17, 15) is 9.18 Å². The highest BCUT2D eigenvalue weighted by atomic mass is 32.2. The lowest BCUT2D eigenvalue weighted by Gasteiger charge is -2.08. The van der Waals surface area contributed by atoms with Gasteiger partial charge in [-0.2, -0.15) is 0 Å². The van der Waals surface area contributed by atoms with E-state index < -0.39 is 5.83 Å². The van der Waals surface area contributed by atoms with Crippen LogP contribution in [0.1, 0.15) is 20.8 Å². The molecule has 140 valence electrons. The number of hydrogen-bond acceptors (Lipinski definition) is 6. The van der Waals surface area contributed by atoms with Gasteiger partial charge in [0.1, 0.15) is 0 Å². The largest absolute Gasteiger partial charge is 0.335 e. The van der Waals surface area contributed by atoms with Crippen LogP contribution in [0.4, 0.5) is 15.2 Å². The second kappa shape index (κ2) is 7.95. The average molecular weight is 410 g/mol. The van der Waals surface area contributed by atoms with Crippen molar-refractivity contribution in [2.24, 2.45) is 0 Å². The van der Waals surface area contributed by atoms with E-state index in [-0.39, 0.29) is 5.91 Å². The molecule has 1 aromatic heterocycles. The third-order valence-corrected chi connectivity index (χ3v) is 6.13. The zero-order chi connectivity index (χ0) is 19.5. The van der Waals surface area contributed by atoms with Crippen molar-refractivity contribution in [2.45, 2.75) is 16.2 Å². The molecule has 0 bridgehead atoms. The number of hydrogen-bond donors (Lipinski definition) is 3. The van der Waals surface area contributed by atoms with E-state index in [0.29, 0.717) is 23.3 Å². The predicted molar refractivity (Wildman–Crippen MR) is 111 cm³/mol. The lowest BCUT2D eigenvalue weighted by atomic mass is 10.1. The maximum atomic E-state index is 13.0. The summed E-state index contributed by atoms with van der Waals surface area (Å²) >= 11 is 2.99. The molecular weight excluding hydrogens is 395 g/mol. The summed E-state index contributed by atoms with van der Waals surface area (Å²) in [6, 6.07) is 13.6. The van der Waals surface area contributed by atoms with Crippen LogP contribution in [0.5, 0.6) is 0 Å². The molecule has 0 aliphatic carbocycles. The van der Waals surface area contributed by atoms with Crippen LogP contribution in [0.3, 0.4) is 0 Å². The Morgan fingerprint density at radius 3 is 2.96 bits per heavy atom. The van der Waals surface area contributed by atoms with E-state index in [4.69, 9.17) is 5.41 Å². The van der Waals surface area contributed by atoms with E-state index in [0.717, 1.165) is 32.1 Å². The standard InChI is InChI=1S/C20H15FN4OS2/c21-13(9-22)10-23-20-24-11-14(27-20)7-12-5-6-18-16(8-12)25-19(26)15-3-1-2-4-17(15)28-18/h1-6,8-11,22H,7H2,(H,23,24)(H,25,26)/b13-10+,22-9?. The molecule has 5 nitrogen and oxygen atoms in total. The summed E-state index contributed by atoms with van der Waals surface area (Å²) in [5.74, 6) is -0.778. The molecule has 2 heterocycles. The lowest BCUT2D eigenvalue weighted by molar-refractivity contribution is 0.102. The van der Waals surface area contributed by atoms with E-state index in [2.05, 4.69) is 15.6 Å². The third kappa shape index (κ3) is 3.97. The maximum absolute atomic E-state index is 13.0. The van der Waals surface area contributed by atoms with Crippen LogP contribution in [0, 0.1) is 5.41 Å². The van der Waals surface area contributed by atoms with Crippen LogP contribution in [0.15, 0.2) is 70.5 Å². The minimum absolute atomic E-state index is 0.108. The maximum Gasteiger partial charge on any atom is 0.256 e. The number of aromatic nitrogens is 1. The second-order valence-corrected chi connectivity index (χ2v) is 8.21. The average Bonchev–Trinajstić information content (AvgIpc) is 3.09. The summed E-state index contributed by atoms with van der Waals surface area (Å²) in [6.45, 7) is 0. The number of benzene rings is 2. The highest BCUT2D eigenvalue weighted by Crippen LogP contribution is 2.39. The first-order valence-electron chi connectivity index (χ1n) is 8.41. The monoisotopic (exact) mass is 410 g/mol. The molecule has 3 aromatic rings. The van der Waals surface area contributed by atoms with Crippen molar-refractivity contribution < 1.29 is 9.18 Å². The molecule has 4 rings (SSSR count). The summed E-state index contributed by atoms with van der Waals surface area (Å²) in [5.41, 5.74) is 2.51. The van der Waals surface area contributed by atoms with Crippen molar-refractivity contribution in [3.05, 3.63) is 76.7 Å². The second-order valence-electron chi connectivity index (χ2n) is 6.01. The van der Waals surface area contributed by atoms with E-state index >= 15 is 0 Å². The fraction of sp³-hybridized carbons (Fsp3) is 0.0500. The highest BCUT2D eigenvalue weighted by Gasteiger charge is 2.19. The molecule has 0 saturated heterocycles. The van der Waals surface area contributed by atoms with Crippen molar-refractivity contribution in [3.63, 3.8) is 0 Å². The number of thiazole rings is 1. The van der Waals surface area contributed by atoms with Crippen LogP contribution in [0.2, 0.25) is 0 Å². The Bertz CT molecular complexity index is 1090. The summed E-state index contributed by atoms with van der Waals surface area (Å²) in [5, 5.41) is 13.1. The normalized spacial score (nSPS) is 13.2. The molecule has 0 unspecified atom stereocenters. The smallest absolute Gasteiger partial charge is 0.256 e. The van der Waals surface area contributed by atoms with Crippen LogP contribution in [-0.4, -0.2) is 17.1 Å². The number of allylic oxidation sites excluding steroid dienone is 1. The first-order valence-corrected chi connectivity index (χ1v) is 10.0. The van der Waals surface area contributed by atoms with Gasteiger partial charge < -0.3 is 16.0 Å². The predicted octanol–water partition coefficient (Wildman–Crippen LogP) is 5.32. The Kier molecular flexibility index (Phi) is 5.23.